The van der Waals surface area contributed by atoms with Crippen LogP contribution < -0.4 is 0 Å². The van der Waals surface area contributed by atoms with Crippen LogP contribution in [0.4, 0.5) is 0 Å². The van der Waals surface area contributed by atoms with Crippen molar-refractivity contribution < 1.29 is 52.3 Å². The lowest BCUT2D eigenvalue weighted by Crippen LogP contribution is -2.44. The molecule has 1 unspecified atom stereocenters. The van der Waals surface area contributed by atoms with Gasteiger partial charge in [-0.25, -0.2) is 13.7 Å². The van der Waals surface area contributed by atoms with Crippen molar-refractivity contribution in [1.82, 2.24) is 0 Å². The molecule has 19 heavy (non-hydrogen) atoms. The van der Waals surface area contributed by atoms with Crippen LogP contribution in [0.5, 0.6) is 0 Å². The van der Waals surface area contributed by atoms with Crippen LogP contribution in [0.2, 0.25) is 0 Å². The standard InChI is InChI=1S/C6H12O11P2/c7-4-3(1-14-18(9,10)11)16-6(5(4)8)2-15-19(12,13)17-6/h3-5,7-8H,1-2H2,(H,12,13)(H2,9,10,11)/t3-,4-,5-,6+/m1/s1. The van der Waals surface area contributed by atoms with Gasteiger partial charge in [0.2, 0.25) is 5.79 Å². The summed E-state index contributed by atoms with van der Waals surface area (Å²) in [6, 6.07) is 0. The molecule has 112 valence electrons. The second kappa shape index (κ2) is 4.83. The van der Waals surface area contributed by atoms with Crippen LogP contribution in [-0.2, 0) is 27.4 Å². The molecule has 1 spiro atoms. The molecule has 2 aliphatic rings. The van der Waals surface area contributed by atoms with Gasteiger partial charge < -0.3 is 29.6 Å². The smallest absolute Gasteiger partial charge is 0.387 e. The second-order valence-corrected chi connectivity index (χ2v) is 6.64. The maximum absolute atomic E-state index is 11.1. The van der Waals surface area contributed by atoms with Gasteiger partial charge in [0, 0.05) is 0 Å². The highest BCUT2D eigenvalue weighted by atomic mass is 31.2. The van der Waals surface area contributed by atoms with Crippen LogP contribution in [0.15, 0.2) is 0 Å². The molecule has 0 saturated carbocycles. The Labute approximate surface area is 106 Å². The van der Waals surface area contributed by atoms with Crippen LogP contribution >= 0.6 is 15.6 Å². The van der Waals surface area contributed by atoms with Crippen molar-refractivity contribution in [2.24, 2.45) is 0 Å². The Morgan fingerprint density at radius 2 is 2.05 bits per heavy atom. The number of phosphoric acid groups is 2. The third-order valence-corrected chi connectivity index (χ3v) is 4.09. The van der Waals surface area contributed by atoms with E-state index in [0.29, 0.717) is 0 Å². The summed E-state index contributed by atoms with van der Waals surface area (Å²) in [5.74, 6) is -2.06. The molecule has 2 fully saturated rings. The van der Waals surface area contributed by atoms with Crippen LogP contribution in [0.25, 0.3) is 0 Å². The average Bonchev–Trinajstić information content (AvgIpc) is 2.68. The summed E-state index contributed by atoms with van der Waals surface area (Å²) in [6.45, 7) is -1.37. The maximum atomic E-state index is 11.1. The van der Waals surface area contributed by atoms with Crippen LogP contribution in [0.1, 0.15) is 0 Å². The Morgan fingerprint density at radius 1 is 1.42 bits per heavy atom. The van der Waals surface area contributed by atoms with E-state index in [1.807, 2.05) is 0 Å². The molecular formula is C6H12O11P2. The number of phosphoric ester groups is 2. The Bertz CT molecular complexity index is 446. The van der Waals surface area contributed by atoms with Gasteiger partial charge in [0.05, 0.1) is 6.61 Å². The lowest BCUT2D eigenvalue weighted by atomic mass is 10.1. The fourth-order valence-corrected chi connectivity index (χ4v) is 3.11. The fraction of sp³-hybridized carbons (Fsp3) is 1.00. The van der Waals surface area contributed by atoms with E-state index in [4.69, 9.17) is 19.4 Å². The van der Waals surface area contributed by atoms with Gasteiger partial charge in [0.25, 0.3) is 0 Å². The molecular weight excluding hydrogens is 310 g/mol. The molecule has 2 aliphatic heterocycles. The molecule has 0 aliphatic carbocycles. The first kappa shape index (κ1) is 15.5. The lowest BCUT2D eigenvalue weighted by molar-refractivity contribution is -0.202. The third-order valence-electron chi connectivity index (χ3n) is 2.61. The Hall–Kier alpha value is 0.1000. The highest BCUT2D eigenvalue weighted by molar-refractivity contribution is 7.47. The molecule has 2 rings (SSSR count). The van der Waals surface area contributed by atoms with Crippen molar-refractivity contribution in [3.63, 3.8) is 0 Å². The van der Waals surface area contributed by atoms with Gasteiger partial charge in [0.1, 0.15) is 24.9 Å². The number of aliphatic hydroxyl groups excluding tert-OH is 2. The Balaban J connectivity index is 2.07. The first-order valence-electron chi connectivity index (χ1n) is 4.97. The van der Waals surface area contributed by atoms with E-state index in [9.17, 15) is 19.3 Å². The van der Waals surface area contributed by atoms with Crippen molar-refractivity contribution >= 4 is 15.6 Å². The fourth-order valence-electron chi connectivity index (χ4n) is 1.78. The highest BCUT2D eigenvalue weighted by Gasteiger charge is 2.63. The van der Waals surface area contributed by atoms with Gasteiger partial charge in [-0.3, -0.25) is 9.05 Å². The molecule has 2 saturated heterocycles. The zero-order valence-corrected chi connectivity index (χ0v) is 11.0. The quantitative estimate of drug-likeness (QED) is 0.366. The molecule has 0 amide bonds. The highest BCUT2D eigenvalue weighted by Crippen LogP contribution is 2.57. The predicted molar refractivity (Wildman–Crippen MR) is 54.5 cm³/mol. The molecule has 5 atom stereocenters. The Kier molecular flexibility index (Phi) is 3.94. The second-order valence-electron chi connectivity index (χ2n) is 4.02. The van der Waals surface area contributed by atoms with Crippen molar-refractivity contribution in [3.8, 4) is 0 Å². The SMILES string of the molecule is O=P(O)(O)OC[C@H]1O[C@]2(COP(=O)(O)O2)[C@H](O)[C@@H]1O. The average molecular weight is 322 g/mol. The third kappa shape index (κ3) is 3.23. The molecule has 0 aromatic rings. The van der Waals surface area contributed by atoms with Crippen molar-refractivity contribution in [2.45, 2.75) is 24.1 Å². The van der Waals surface area contributed by atoms with E-state index in [0.717, 1.165) is 0 Å². The zero-order valence-electron chi connectivity index (χ0n) is 9.23. The lowest BCUT2D eigenvalue weighted by Gasteiger charge is -2.23. The summed E-state index contributed by atoms with van der Waals surface area (Å²) < 4.78 is 39.7. The van der Waals surface area contributed by atoms with Gasteiger partial charge in [-0.2, -0.15) is 0 Å². The molecule has 0 aromatic heterocycles. The molecule has 0 bridgehead atoms. The summed E-state index contributed by atoms with van der Waals surface area (Å²) in [4.78, 5) is 26.1. The van der Waals surface area contributed by atoms with Crippen molar-refractivity contribution in [2.75, 3.05) is 13.2 Å². The van der Waals surface area contributed by atoms with Gasteiger partial charge in [0.15, 0.2) is 0 Å². The van der Waals surface area contributed by atoms with E-state index in [1.165, 1.54) is 0 Å². The number of aliphatic hydroxyl groups is 2. The van der Waals surface area contributed by atoms with Gasteiger partial charge in [-0.1, -0.05) is 0 Å². The van der Waals surface area contributed by atoms with E-state index in [1.54, 1.807) is 0 Å². The Morgan fingerprint density at radius 3 is 2.53 bits per heavy atom. The minimum absolute atomic E-state index is 0.620. The summed E-state index contributed by atoms with van der Waals surface area (Å²) in [5.41, 5.74) is 0. The van der Waals surface area contributed by atoms with E-state index in [2.05, 4.69) is 13.6 Å². The van der Waals surface area contributed by atoms with Gasteiger partial charge >= 0.3 is 15.6 Å². The summed E-state index contributed by atoms with van der Waals surface area (Å²) in [5, 5.41) is 19.4. The first-order valence-corrected chi connectivity index (χ1v) is 7.99. The summed E-state index contributed by atoms with van der Waals surface area (Å²) in [6.07, 6.45) is -4.72. The molecule has 0 aromatic carbocycles. The molecule has 5 N–H and O–H groups in total. The maximum Gasteiger partial charge on any atom is 0.475 e. The first-order chi connectivity index (χ1) is 8.55. The number of hydrogen-bond donors (Lipinski definition) is 5. The molecule has 13 heteroatoms. The zero-order chi connectivity index (χ0) is 14.5. The van der Waals surface area contributed by atoms with E-state index < -0.39 is 53.0 Å². The predicted octanol–water partition coefficient (Wildman–Crippen LogP) is -1.94. The number of hydrogen-bond acceptors (Lipinski definition) is 8. The molecule has 2 heterocycles. The molecule has 11 nitrogen and oxygen atoms in total. The van der Waals surface area contributed by atoms with Crippen molar-refractivity contribution in [3.05, 3.63) is 0 Å². The topological polar surface area (TPSA) is 172 Å². The van der Waals surface area contributed by atoms with E-state index >= 15 is 0 Å². The number of rotatable bonds is 3. The van der Waals surface area contributed by atoms with Gasteiger partial charge in [-0.15, -0.1) is 0 Å². The summed E-state index contributed by atoms with van der Waals surface area (Å²) in [7, 11) is -9.17. The minimum Gasteiger partial charge on any atom is -0.387 e. The monoisotopic (exact) mass is 322 g/mol. The van der Waals surface area contributed by atoms with E-state index in [-0.39, 0.29) is 0 Å². The molecule has 0 radical (unpaired) electrons. The van der Waals surface area contributed by atoms with Crippen molar-refractivity contribution in [1.29, 1.82) is 0 Å². The van der Waals surface area contributed by atoms with Crippen LogP contribution in [0.3, 0.4) is 0 Å². The van der Waals surface area contributed by atoms with Crippen LogP contribution in [0, 0.1) is 0 Å². The minimum atomic E-state index is -4.78. The largest absolute Gasteiger partial charge is 0.475 e. The normalized spacial score (nSPS) is 47.1. The summed E-state index contributed by atoms with van der Waals surface area (Å²) >= 11 is 0. The number of ether oxygens (including phenoxy) is 1. The van der Waals surface area contributed by atoms with Crippen LogP contribution in [-0.4, -0.2) is 62.2 Å². The van der Waals surface area contributed by atoms with Gasteiger partial charge in [-0.05, 0) is 0 Å².